The Hall–Kier alpha value is -1.75. The van der Waals surface area contributed by atoms with Crippen molar-refractivity contribution < 1.29 is 9.90 Å². The van der Waals surface area contributed by atoms with Gasteiger partial charge < -0.3 is 10.8 Å². The number of carbonyl (C=O) groups is 1. The van der Waals surface area contributed by atoms with Crippen LogP contribution in [0.1, 0.15) is 0 Å². The molecule has 5 heteroatoms. The van der Waals surface area contributed by atoms with E-state index in [1.54, 1.807) is 24.3 Å². The highest BCUT2D eigenvalue weighted by molar-refractivity contribution is 8.18. The Labute approximate surface area is 91.5 Å². The van der Waals surface area contributed by atoms with Crippen LogP contribution >= 0.6 is 11.8 Å². The van der Waals surface area contributed by atoms with Crippen molar-refractivity contribution >= 4 is 22.8 Å². The molecule has 0 aliphatic carbocycles. The number of nitrogens with two attached hydrogens (primary N) is 1. The average Bonchev–Trinajstić information content (AvgIpc) is 2.46. The van der Waals surface area contributed by atoms with E-state index in [4.69, 9.17) is 10.8 Å². The fraction of sp³-hybridized carbons (Fsp3) is 0. The summed E-state index contributed by atoms with van der Waals surface area (Å²) < 4.78 is 0. The van der Waals surface area contributed by atoms with Crippen LogP contribution in [0.5, 0.6) is 5.75 Å². The largest absolute Gasteiger partial charge is 0.508 e. The van der Waals surface area contributed by atoms with Gasteiger partial charge in [-0.15, -0.1) is 0 Å². The SMILES string of the molecule is C=C1SC(N)=NC1=O.Oc1ccccc1. The zero-order valence-electron chi connectivity index (χ0n) is 7.88. The van der Waals surface area contributed by atoms with Crippen molar-refractivity contribution in [3.63, 3.8) is 0 Å². The molecule has 0 bridgehead atoms. The van der Waals surface area contributed by atoms with Crippen molar-refractivity contribution in [3.05, 3.63) is 41.8 Å². The van der Waals surface area contributed by atoms with Crippen LogP contribution in [-0.2, 0) is 4.79 Å². The molecular weight excluding hydrogens is 212 g/mol. The highest BCUT2D eigenvalue weighted by Gasteiger charge is 2.15. The number of benzene rings is 1. The molecule has 0 radical (unpaired) electrons. The maximum absolute atomic E-state index is 10.4. The quantitative estimate of drug-likeness (QED) is 0.652. The molecule has 1 amide bonds. The second kappa shape index (κ2) is 5.21. The van der Waals surface area contributed by atoms with Gasteiger partial charge in [-0.25, -0.2) is 0 Å². The summed E-state index contributed by atoms with van der Waals surface area (Å²) in [6, 6.07) is 8.71. The molecule has 4 nitrogen and oxygen atoms in total. The summed E-state index contributed by atoms with van der Waals surface area (Å²) in [5, 5.41) is 8.92. The number of carbonyl (C=O) groups excluding carboxylic acids is 1. The number of para-hydroxylation sites is 1. The Bertz CT molecular complexity index is 401. The number of hydrogen-bond donors (Lipinski definition) is 2. The topological polar surface area (TPSA) is 75.7 Å². The summed E-state index contributed by atoms with van der Waals surface area (Å²) in [7, 11) is 0. The standard InChI is InChI=1S/C6H6O.C4H4N2OS/c7-6-4-2-1-3-5-6;1-2-3(7)6-4(5)8-2/h1-5,7H;1H2,(H2,5,6,7). The smallest absolute Gasteiger partial charge is 0.285 e. The maximum Gasteiger partial charge on any atom is 0.285 e. The summed E-state index contributed by atoms with van der Waals surface area (Å²) in [4.78, 5) is 14.2. The third-order valence-electron chi connectivity index (χ3n) is 1.43. The molecule has 78 valence electrons. The van der Waals surface area contributed by atoms with Crippen molar-refractivity contribution in [2.75, 3.05) is 0 Å². The van der Waals surface area contributed by atoms with Gasteiger partial charge in [0.05, 0.1) is 4.91 Å². The molecule has 0 aromatic heterocycles. The molecule has 15 heavy (non-hydrogen) atoms. The van der Waals surface area contributed by atoms with Crippen molar-refractivity contribution in [1.82, 2.24) is 0 Å². The number of amidine groups is 1. The van der Waals surface area contributed by atoms with Crippen LogP contribution in [-0.4, -0.2) is 16.2 Å². The molecule has 0 saturated carbocycles. The minimum atomic E-state index is -0.312. The lowest BCUT2D eigenvalue weighted by Crippen LogP contribution is -2.01. The van der Waals surface area contributed by atoms with Crippen LogP contribution in [0.4, 0.5) is 0 Å². The second-order valence-corrected chi connectivity index (χ2v) is 3.73. The van der Waals surface area contributed by atoms with Crippen LogP contribution in [0.15, 0.2) is 46.8 Å². The third kappa shape index (κ3) is 3.86. The number of hydrogen-bond acceptors (Lipinski definition) is 4. The summed E-state index contributed by atoms with van der Waals surface area (Å²) in [5.41, 5.74) is 5.15. The molecular formula is C10H10N2O2S. The highest BCUT2D eigenvalue weighted by atomic mass is 32.2. The van der Waals surface area contributed by atoms with E-state index in [9.17, 15) is 4.79 Å². The first-order chi connectivity index (χ1) is 7.09. The maximum atomic E-state index is 10.4. The van der Waals surface area contributed by atoms with Crippen LogP contribution in [0, 0.1) is 0 Å². The summed E-state index contributed by atoms with van der Waals surface area (Å²) in [6.07, 6.45) is 0. The van der Waals surface area contributed by atoms with Crippen LogP contribution in [0.2, 0.25) is 0 Å². The summed E-state index contributed by atoms with van der Waals surface area (Å²) in [5.74, 6) is 0.00926. The molecule has 1 aliphatic rings. The molecule has 0 unspecified atom stereocenters. The van der Waals surface area contributed by atoms with Gasteiger partial charge in [-0.3, -0.25) is 4.79 Å². The normalized spacial score (nSPS) is 14.3. The summed E-state index contributed by atoms with van der Waals surface area (Å²) in [6.45, 7) is 3.40. The van der Waals surface area contributed by atoms with Gasteiger partial charge in [0.25, 0.3) is 5.91 Å². The number of thioether (sulfide) groups is 1. The molecule has 1 aromatic rings. The molecule has 0 saturated heterocycles. The lowest BCUT2D eigenvalue weighted by molar-refractivity contribution is -0.113. The van der Waals surface area contributed by atoms with Crippen molar-refractivity contribution in [3.8, 4) is 5.75 Å². The van der Waals surface area contributed by atoms with Gasteiger partial charge >= 0.3 is 0 Å². The van der Waals surface area contributed by atoms with Gasteiger partial charge in [-0.05, 0) is 23.9 Å². The van der Waals surface area contributed by atoms with E-state index in [0.717, 1.165) is 11.8 Å². The number of nitrogens with zero attached hydrogens (tertiary/aromatic N) is 1. The van der Waals surface area contributed by atoms with E-state index < -0.39 is 0 Å². The Kier molecular flexibility index (Phi) is 3.93. The zero-order chi connectivity index (χ0) is 11.3. The first-order valence-electron chi connectivity index (χ1n) is 4.09. The highest BCUT2D eigenvalue weighted by Crippen LogP contribution is 2.20. The van der Waals surface area contributed by atoms with E-state index in [0.29, 0.717) is 15.8 Å². The predicted molar refractivity (Wildman–Crippen MR) is 61.5 cm³/mol. The van der Waals surface area contributed by atoms with E-state index in [-0.39, 0.29) is 5.91 Å². The van der Waals surface area contributed by atoms with E-state index in [1.165, 1.54) is 0 Å². The number of rotatable bonds is 0. The molecule has 1 aromatic carbocycles. The Morgan fingerprint density at radius 3 is 2.13 bits per heavy atom. The molecule has 0 fully saturated rings. The predicted octanol–water partition coefficient (Wildman–Crippen LogP) is 1.48. The average molecular weight is 222 g/mol. The molecule has 3 N–H and O–H groups in total. The Morgan fingerprint density at radius 2 is 1.93 bits per heavy atom. The molecule has 2 rings (SSSR count). The van der Waals surface area contributed by atoms with Gasteiger partial charge in [0.2, 0.25) is 0 Å². The minimum Gasteiger partial charge on any atom is -0.508 e. The second-order valence-electron chi connectivity index (χ2n) is 2.62. The van der Waals surface area contributed by atoms with E-state index >= 15 is 0 Å². The molecule has 0 spiro atoms. The third-order valence-corrected chi connectivity index (χ3v) is 2.16. The monoisotopic (exact) mass is 222 g/mol. The van der Waals surface area contributed by atoms with Gasteiger partial charge in [0.1, 0.15) is 5.75 Å². The van der Waals surface area contributed by atoms with Crippen molar-refractivity contribution in [1.29, 1.82) is 0 Å². The number of phenolic OH excluding ortho intramolecular Hbond substituents is 1. The van der Waals surface area contributed by atoms with Gasteiger partial charge in [0.15, 0.2) is 5.17 Å². The fourth-order valence-corrected chi connectivity index (χ4v) is 1.30. The lowest BCUT2D eigenvalue weighted by Gasteiger charge is -1.82. The molecule has 0 atom stereocenters. The van der Waals surface area contributed by atoms with Crippen LogP contribution in [0.25, 0.3) is 0 Å². The van der Waals surface area contributed by atoms with Crippen LogP contribution < -0.4 is 5.73 Å². The van der Waals surface area contributed by atoms with Crippen LogP contribution in [0.3, 0.4) is 0 Å². The van der Waals surface area contributed by atoms with E-state index in [1.807, 2.05) is 6.07 Å². The van der Waals surface area contributed by atoms with Gasteiger partial charge in [-0.2, -0.15) is 4.99 Å². The zero-order valence-corrected chi connectivity index (χ0v) is 8.70. The fourth-order valence-electron chi connectivity index (χ4n) is 0.783. The van der Waals surface area contributed by atoms with Crippen molar-refractivity contribution in [2.45, 2.75) is 0 Å². The Balaban J connectivity index is 0.000000151. The first-order valence-corrected chi connectivity index (χ1v) is 4.90. The first kappa shape index (κ1) is 11.3. The number of phenols is 1. The number of amides is 1. The van der Waals surface area contributed by atoms with E-state index in [2.05, 4.69) is 11.6 Å². The molecule has 1 heterocycles. The summed E-state index contributed by atoms with van der Waals surface area (Å²) >= 11 is 1.11. The number of aromatic hydroxyl groups is 1. The number of aliphatic imine (C=N–C) groups is 1. The Morgan fingerprint density at radius 1 is 1.33 bits per heavy atom. The lowest BCUT2D eigenvalue weighted by atomic mass is 10.3. The van der Waals surface area contributed by atoms with Gasteiger partial charge in [0, 0.05) is 0 Å². The molecule has 1 aliphatic heterocycles. The van der Waals surface area contributed by atoms with Crippen molar-refractivity contribution in [2.24, 2.45) is 10.7 Å². The van der Waals surface area contributed by atoms with Gasteiger partial charge in [-0.1, -0.05) is 24.8 Å². The minimum absolute atomic E-state index is 0.292.